The van der Waals surface area contributed by atoms with Crippen LogP contribution in [-0.4, -0.2) is 28.2 Å². The van der Waals surface area contributed by atoms with Crippen LogP contribution in [0.1, 0.15) is 40.7 Å². The molecule has 0 radical (unpaired) electrons. The van der Waals surface area contributed by atoms with Crippen molar-refractivity contribution in [2.45, 2.75) is 38.7 Å². The highest BCUT2D eigenvalue weighted by molar-refractivity contribution is 7.15. The number of cyclic esters (lactones) is 1. The third-order valence-corrected chi connectivity index (χ3v) is 4.52. The van der Waals surface area contributed by atoms with Crippen molar-refractivity contribution in [2.24, 2.45) is 0 Å². The Morgan fingerprint density at radius 3 is 3.04 bits per heavy atom. The third-order valence-electron chi connectivity index (χ3n) is 3.63. The van der Waals surface area contributed by atoms with Gasteiger partial charge in [0, 0.05) is 12.8 Å². The first-order chi connectivity index (χ1) is 11.2. The molecule has 0 bridgehead atoms. The van der Waals surface area contributed by atoms with Crippen molar-refractivity contribution in [1.82, 2.24) is 10.2 Å². The number of esters is 1. The normalized spacial score (nSPS) is 16.6. The van der Waals surface area contributed by atoms with Crippen LogP contribution in [0.3, 0.4) is 0 Å². The molecule has 0 spiro atoms. The van der Waals surface area contributed by atoms with E-state index >= 15 is 0 Å². The number of carbonyl (C=O) groups excluding carboxylic acids is 2. The van der Waals surface area contributed by atoms with Gasteiger partial charge in [-0.1, -0.05) is 42.9 Å². The fourth-order valence-electron chi connectivity index (χ4n) is 2.40. The van der Waals surface area contributed by atoms with Gasteiger partial charge in [0.25, 0.3) is 5.91 Å². The Labute approximate surface area is 137 Å². The van der Waals surface area contributed by atoms with Gasteiger partial charge in [-0.25, -0.2) is 4.79 Å². The molecule has 1 aliphatic heterocycles. The van der Waals surface area contributed by atoms with E-state index in [1.165, 1.54) is 11.3 Å². The number of benzene rings is 1. The van der Waals surface area contributed by atoms with Crippen molar-refractivity contribution in [3.63, 3.8) is 0 Å². The Morgan fingerprint density at radius 2 is 2.22 bits per heavy atom. The van der Waals surface area contributed by atoms with Crippen molar-refractivity contribution < 1.29 is 14.3 Å². The summed E-state index contributed by atoms with van der Waals surface area (Å²) in [6.07, 6.45) is 2.52. The number of rotatable bonds is 5. The van der Waals surface area contributed by atoms with E-state index < -0.39 is 12.1 Å². The largest absolute Gasteiger partial charge is 0.448 e. The predicted octanol–water partition coefficient (Wildman–Crippen LogP) is 2.60. The zero-order valence-corrected chi connectivity index (χ0v) is 13.6. The maximum absolute atomic E-state index is 12.3. The molecule has 0 saturated carbocycles. The van der Waals surface area contributed by atoms with Crippen molar-refractivity contribution >= 4 is 28.3 Å². The number of hydrogen-bond acceptors (Lipinski definition) is 6. The molecule has 7 heteroatoms. The van der Waals surface area contributed by atoms with E-state index in [1.54, 1.807) is 12.1 Å². The Kier molecular flexibility index (Phi) is 4.66. The Hall–Kier alpha value is -2.28. The first-order valence-electron chi connectivity index (χ1n) is 7.59. The van der Waals surface area contributed by atoms with Gasteiger partial charge in [-0.2, -0.15) is 0 Å². The summed E-state index contributed by atoms with van der Waals surface area (Å²) in [5.41, 5.74) is 1.35. The summed E-state index contributed by atoms with van der Waals surface area (Å²) < 4.78 is 5.22. The number of fused-ring (bicyclic) bond motifs is 1. The van der Waals surface area contributed by atoms with Crippen molar-refractivity contribution in [2.75, 3.05) is 5.32 Å². The van der Waals surface area contributed by atoms with Crippen molar-refractivity contribution in [3.8, 4) is 0 Å². The zero-order valence-electron chi connectivity index (χ0n) is 12.7. The van der Waals surface area contributed by atoms with Gasteiger partial charge >= 0.3 is 5.97 Å². The lowest BCUT2D eigenvalue weighted by Crippen LogP contribution is -2.37. The van der Waals surface area contributed by atoms with Gasteiger partial charge in [-0.3, -0.25) is 10.1 Å². The molecule has 1 aromatic heterocycles. The van der Waals surface area contributed by atoms with E-state index in [9.17, 15) is 9.59 Å². The highest BCUT2D eigenvalue weighted by Crippen LogP contribution is 2.22. The molecular weight excluding hydrogens is 314 g/mol. The monoisotopic (exact) mass is 331 g/mol. The number of nitrogens with one attached hydrogen (secondary N) is 1. The molecule has 0 unspecified atom stereocenters. The van der Waals surface area contributed by atoms with Crippen LogP contribution < -0.4 is 5.32 Å². The number of amides is 1. The van der Waals surface area contributed by atoms with E-state index in [2.05, 4.69) is 22.4 Å². The van der Waals surface area contributed by atoms with Crippen LogP contribution in [0.15, 0.2) is 24.3 Å². The number of aryl methyl sites for hydroxylation is 1. The SMILES string of the molecule is CCCCc1nnc(NC(=O)[C@H]2Cc3ccccc3C(=O)O2)s1. The van der Waals surface area contributed by atoms with Crippen LogP contribution in [0, 0.1) is 0 Å². The molecule has 120 valence electrons. The van der Waals surface area contributed by atoms with E-state index in [0.29, 0.717) is 17.1 Å². The van der Waals surface area contributed by atoms with Crippen LogP contribution in [0.2, 0.25) is 0 Å². The molecule has 0 fully saturated rings. The van der Waals surface area contributed by atoms with Crippen LogP contribution in [0.5, 0.6) is 0 Å². The maximum atomic E-state index is 12.3. The minimum atomic E-state index is -0.833. The molecule has 1 atom stereocenters. The molecule has 23 heavy (non-hydrogen) atoms. The lowest BCUT2D eigenvalue weighted by atomic mass is 9.98. The predicted molar refractivity (Wildman–Crippen MR) is 86.5 cm³/mol. The van der Waals surface area contributed by atoms with Gasteiger partial charge in [0.15, 0.2) is 6.10 Å². The Bertz CT molecular complexity index is 729. The van der Waals surface area contributed by atoms with E-state index in [1.807, 2.05) is 12.1 Å². The van der Waals surface area contributed by atoms with Gasteiger partial charge in [0.1, 0.15) is 5.01 Å². The number of ether oxygens (including phenoxy) is 1. The standard InChI is InChI=1S/C16H17N3O3S/c1-2-3-8-13-18-19-16(23-13)17-14(20)12-9-10-6-4-5-7-11(10)15(21)22-12/h4-7,12H,2-3,8-9H2,1H3,(H,17,19,20)/t12-/m1/s1. The summed E-state index contributed by atoms with van der Waals surface area (Å²) in [6, 6.07) is 7.16. The van der Waals surface area contributed by atoms with Gasteiger partial charge in [-0.05, 0) is 18.1 Å². The maximum Gasteiger partial charge on any atom is 0.339 e. The summed E-state index contributed by atoms with van der Waals surface area (Å²) in [5, 5.41) is 12.0. The van der Waals surface area contributed by atoms with Crippen LogP contribution in [0.25, 0.3) is 0 Å². The van der Waals surface area contributed by atoms with Gasteiger partial charge in [0.2, 0.25) is 5.13 Å². The third kappa shape index (κ3) is 3.56. The molecule has 0 aliphatic carbocycles. The number of hydrogen-bond donors (Lipinski definition) is 1. The second-order valence-electron chi connectivity index (χ2n) is 5.35. The first kappa shape index (κ1) is 15.6. The molecular formula is C16H17N3O3S. The molecule has 0 saturated heterocycles. The first-order valence-corrected chi connectivity index (χ1v) is 8.41. The van der Waals surface area contributed by atoms with E-state index in [4.69, 9.17) is 4.74 Å². The molecule has 1 amide bonds. The highest BCUT2D eigenvalue weighted by Gasteiger charge is 2.31. The average molecular weight is 331 g/mol. The quantitative estimate of drug-likeness (QED) is 0.852. The number of carbonyl (C=O) groups is 2. The summed E-state index contributed by atoms with van der Waals surface area (Å²) >= 11 is 1.36. The minimum absolute atomic E-state index is 0.369. The van der Waals surface area contributed by atoms with Crippen molar-refractivity contribution in [1.29, 1.82) is 0 Å². The molecule has 6 nitrogen and oxygen atoms in total. The van der Waals surface area contributed by atoms with Gasteiger partial charge < -0.3 is 4.74 Å². The zero-order chi connectivity index (χ0) is 16.2. The summed E-state index contributed by atoms with van der Waals surface area (Å²) in [6.45, 7) is 2.11. The van der Waals surface area contributed by atoms with Gasteiger partial charge in [0.05, 0.1) is 5.56 Å². The number of nitrogens with zero attached hydrogens (tertiary/aromatic N) is 2. The Morgan fingerprint density at radius 1 is 1.39 bits per heavy atom. The lowest BCUT2D eigenvalue weighted by Gasteiger charge is -2.23. The Balaban J connectivity index is 1.65. The average Bonchev–Trinajstić information content (AvgIpc) is 3.00. The summed E-state index contributed by atoms with van der Waals surface area (Å²) in [7, 11) is 0. The molecule has 2 aromatic rings. The number of anilines is 1. The van der Waals surface area contributed by atoms with E-state index in [-0.39, 0.29) is 5.91 Å². The minimum Gasteiger partial charge on any atom is -0.448 e. The highest BCUT2D eigenvalue weighted by atomic mass is 32.1. The molecule has 3 rings (SSSR count). The van der Waals surface area contributed by atoms with Crippen LogP contribution >= 0.6 is 11.3 Å². The summed E-state index contributed by atoms with van der Waals surface area (Å²) in [5.74, 6) is -0.834. The molecule has 2 heterocycles. The number of unbranched alkanes of at least 4 members (excludes halogenated alkanes) is 1. The fraction of sp³-hybridized carbons (Fsp3) is 0.375. The number of aromatic nitrogens is 2. The second kappa shape index (κ2) is 6.87. The molecule has 1 N–H and O–H groups in total. The lowest BCUT2D eigenvalue weighted by molar-refractivity contribution is -0.125. The second-order valence-corrected chi connectivity index (χ2v) is 6.41. The topological polar surface area (TPSA) is 81.2 Å². The molecule has 1 aliphatic rings. The summed E-state index contributed by atoms with van der Waals surface area (Å²) in [4.78, 5) is 24.2. The van der Waals surface area contributed by atoms with Crippen LogP contribution in [-0.2, 0) is 22.4 Å². The molecule has 1 aromatic carbocycles. The van der Waals surface area contributed by atoms with Crippen molar-refractivity contribution in [3.05, 3.63) is 40.4 Å². The van der Waals surface area contributed by atoms with E-state index in [0.717, 1.165) is 29.8 Å². The smallest absolute Gasteiger partial charge is 0.339 e. The van der Waals surface area contributed by atoms with Crippen LogP contribution in [0.4, 0.5) is 5.13 Å². The van der Waals surface area contributed by atoms with Gasteiger partial charge in [-0.15, -0.1) is 10.2 Å². The fourth-order valence-corrected chi connectivity index (χ4v) is 3.18.